The highest BCUT2D eigenvalue weighted by atomic mass is 79.9. The molecule has 0 bridgehead atoms. The fourth-order valence-corrected chi connectivity index (χ4v) is 2.80. The molecule has 23 heavy (non-hydrogen) atoms. The molecule has 0 aliphatic carbocycles. The standard InChI is InChI=1S/C18H21BrFNO2/c1-3-23-18-14(15(19)8-9-17(18)22-2)12-21-11-10-13-6-4-5-7-16(13)20/h4-9,21H,3,10-12H2,1-2H3. The van der Waals surface area contributed by atoms with Crippen LogP contribution < -0.4 is 14.8 Å². The van der Waals surface area contributed by atoms with Crippen LogP contribution in [-0.2, 0) is 13.0 Å². The van der Waals surface area contributed by atoms with Gasteiger partial charge in [0.2, 0.25) is 0 Å². The summed E-state index contributed by atoms with van der Waals surface area (Å²) >= 11 is 3.55. The van der Waals surface area contributed by atoms with Gasteiger partial charge in [-0.15, -0.1) is 0 Å². The van der Waals surface area contributed by atoms with Crippen molar-refractivity contribution in [3.05, 3.63) is 57.8 Å². The summed E-state index contributed by atoms with van der Waals surface area (Å²) in [5.41, 5.74) is 1.72. The van der Waals surface area contributed by atoms with Gasteiger partial charge >= 0.3 is 0 Å². The molecule has 0 saturated heterocycles. The molecule has 2 aromatic rings. The second-order valence-electron chi connectivity index (χ2n) is 5.01. The van der Waals surface area contributed by atoms with Crippen LogP contribution in [0.15, 0.2) is 40.9 Å². The first-order valence-electron chi connectivity index (χ1n) is 7.59. The van der Waals surface area contributed by atoms with Crippen LogP contribution in [0.4, 0.5) is 4.39 Å². The summed E-state index contributed by atoms with van der Waals surface area (Å²) in [5, 5.41) is 3.34. The third-order valence-electron chi connectivity index (χ3n) is 3.51. The molecule has 124 valence electrons. The van der Waals surface area contributed by atoms with Gasteiger partial charge in [0, 0.05) is 16.6 Å². The number of hydrogen-bond donors (Lipinski definition) is 1. The van der Waals surface area contributed by atoms with Crippen LogP contribution in [0.2, 0.25) is 0 Å². The van der Waals surface area contributed by atoms with Gasteiger partial charge in [-0.3, -0.25) is 0 Å². The lowest BCUT2D eigenvalue weighted by Gasteiger charge is -2.16. The molecule has 2 aromatic carbocycles. The molecule has 0 atom stereocenters. The summed E-state index contributed by atoms with van der Waals surface area (Å²) in [6, 6.07) is 10.7. The van der Waals surface area contributed by atoms with Crippen molar-refractivity contribution in [2.24, 2.45) is 0 Å². The summed E-state index contributed by atoms with van der Waals surface area (Å²) < 4.78 is 25.6. The van der Waals surface area contributed by atoms with Crippen LogP contribution in [0.25, 0.3) is 0 Å². The van der Waals surface area contributed by atoms with Crippen LogP contribution >= 0.6 is 15.9 Å². The molecule has 0 radical (unpaired) electrons. The predicted molar refractivity (Wildman–Crippen MR) is 93.7 cm³/mol. The third kappa shape index (κ3) is 4.69. The molecule has 0 aliphatic rings. The number of methoxy groups -OCH3 is 1. The Morgan fingerprint density at radius 2 is 1.96 bits per heavy atom. The average Bonchev–Trinajstić information content (AvgIpc) is 2.55. The molecular weight excluding hydrogens is 361 g/mol. The Labute approximate surface area is 144 Å². The Hall–Kier alpha value is -1.59. The minimum absolute atomic E-state index is 0.160. The summed E-state index contributed by atoms with van der Waals surface area (Å²) in [6.07, 6.45) is 0.637. The first kappa shape index (κ1) is 17.8. The molecule has 3 nitrogen and oxygen atoms in total. The van der Waals surface area contributed by atoms with Crippen LogP contribution in [-0.4, -0.2) is 20.3 Å². The van der Waals surface area contributed by atoms with Gasteiger partial charge in [0.25, 0.3) is 0 Å². The number of benzene rings is 2. The van der Waals surface area contributed by atoms with Gasteiger partial charge in [-0.2, -0.15) is 0 Å². The van der Waals surface area contributed by atoms with E-state index in [-0.39, 0.29) is 5.82 Å². The lowest BCUT2D eigenvalue weighted by atomic mass is 10.1. The van der Waals surface area contributed by atoms with E-state index in [9.17, 15) is 4.39 Å². The molecular formula is C18H21BrFNO2. The Balaban J connectivity index is 2.01. The molecule has 0 spiro atoms. The zero-order chi connectivity index (χ0) is 16.7. The number of halogens is 2. The molecule has 5 heteroatoms. The minimum atomic E-state index is -0.160. The summed E-state index contributed by atoms with van der Waals surface area (Å²) in [5.74, 6) is 1.29. The maximum atomic E-state index is 13.6. The Kier molecular flexibility index (Phi) is 6.86. The second-order valence-corrected chi connectivity index (χ2v) is 5.86. The first-order chi connectivity index (χ1) is 11.2. The normalized spacial score (nSPS) is 10.6. The molecule has 0 aliphatic heterocycles. The van der Waals surface area contributed by atoms with Crippen LogP contribution in [0, 0.1) is 5.82 Å². The maximum Gasteiger partial charge on any atom is 0.166 e. The van der Waals surface area contributed by atoms with E-state index in [4.69, 9.17) is 9.47 Å². The van der Waals surface area contributed by atoms with Crippen molar-refractivity contribution in [3.8, 4) is 11.5 Å². The number of ether oxygens (including phenoxy) is 2. The van der Waals surface area contributed by atoms with Gasteiger partial charge in [0.05, 0.1) is 13.7 Å². The summed E-state index contributed by atoms with van der Waals surface area (Å²) in [7, 11) is 1.63. The van der Waals surface area contributed by atoms with E-state index in [1.54, 1.807) is 13.2 Å². The lowest BCUT2D eigenvalue weighted by molar-refractivity contribution is 0.306. The summed E-state index contributed by atoms with van der Waals surface area (Å²) in [6.45, 7) is 3.79. The van der Waals surface area contributed by atoms with Crippen molar-refractivity contribution in [1.82, 2.24) is 5.32 Å². The fraction of sp³-hybridized carbons (Fsp3) is 0.333. The minimum Gasteiger partial charge on any atom is -0.493 e. The van der Waals surface area contributed by atoms with Crippen LogP contribution in [0.5, 0.6) is 11.5 Å². The number of rotatable bonds is 8. The third-order valence-corrected chi connectivity index (χ3v) is 4.25. The van der Waals surface area contributed by atoms with E-state index in [0.29, 0.717) is 31.9 Å². The van der Waals surface area contributed by atoms with E-state index in [2.05, 4.69) is 21.2 Å². The van der Waals surface area contributed by atoms with Gasteiger partial charge < -0.3 is 14.8 Å². The second kappa shape index (κ2) is 8.89. The quantitative estimate of drug-likeness (QED) is 0.690. The van der Waals surface area contributed by atoms with Crippen molar-refractivity contribution in [1.29, 1.82) is 0 Å². The van der Waals surface area contributed by atoms with Crippen molar-refractivity contribution < 1.29 is 13.9 Å². The molecule has 0 aromatic heterocycles. The molecule has 0 amide bonds. The average molecular weight is 382 g/mol. The van der Waals surface area contributed by atoms with Gasteiger partial charge in [-0.1, -0.05) is 34.1 Å². The SMILES string of the molecule is CCOc1c(OC)ccc(Br)c1CNCCc1ccccc1F. The molecule has 1 N–H and O–H groups in total. The van der Waals surface area contributed by atoms with Gasteiger partial charge in [0.1, 0.15) is 5.82 Å². The smallest absolute Gasteiger partial charge is 0.166 e. The highest BCUT2D eigenvalue weighted by molar-refractivity contribution is 9.10. The Morgan fingerprint density at radius 3 is 2.65 bits per heavy atom. The largest absolute Gasteiger partial charge is 0.493 e. The van der Waals surface area contributed by atoms with Gasteiger partial charge in [0.15, 0.2) is 11.5 Å². The van der Waals surface area contributed by atoms with Crippen molar-refractivity contribution in [2.45, 2.75) is 19.9 Å². The number of hydrogen-bond acceptors (Lipinski definition) is 3. The molecule has 0 saturated carbocycles. The molecule has 0 heterocycles. The molecule has 0 unspecified atom stereocenters. The molecule has 0 fully saturated rings. The molecule has 2 rings (SSSR count). The van der Waals surface area contributed by atoms with Crippen molar-refractivity contribution in [3.63, 3.8) is 0 Å². The maximum absolute atomic E-state index is 13.6. The van der Waals surface area contributed by atoms with Crippen LogP contribution in [0.1, 0.15) is 18.1 Å². The predicted octanol–water partition coefficient (Wildman–Crippen LogP) is 4.33. The van der Waals surface area contributed by atoms with E-state index < -0.39 is 0 Å². The van der Waals surface area contributed by atoms with E-state index in [1.165, 1.54) is 6.07 Å². The topological polar surface area (TPSA) is 30.5 Å². The van der Waals surface area contributed by atoms with E-state index in [1.807, 2.05) is 31.2 Å². The lowest BCUT2D eigenvalue weighted by Crippen LogP contribution is -2.18. The van der Waals surface area contributed by atoms with Gasteiger partial charge in [-0.05, 0) is 43.7 Å². The fourth-order valence-electron chi connectivity index (χ4n) is 2.35. The monoisotopic (exact) mass is 381 g/mol. The van der Waals surface area contributed by atoms with Crippen LogP contribution in [0.3, 0.4) is 0 Å². The highest BCUT2D eigenvalue weighted by Gasteiger charge is 2.14. The van der Waals surface area contributed by atoms with E-state index >= 15 is 0 Å². The Bertz CT molecular complexity index is 649. The Morgan fingerprint density at radius 1 is 1.17 bits per heavy atom. The van der Waals surface area contributed by atoms with Crippen molar-refractivity contribution >= 4 is 15.9 Å². The van der Waals surface area contributed by atoms with Crippen molar-refractivity contribution in [2.75, 3.05) is 20.3 Å². The number of nitrogens with one attached hydrogen (secondary N) is 1. The zero-order valence-electron chi connectivity index (χ0n) is 13.4. The van der Waals surface area contributed by atoms with Gasteiger partial charge in [-0.25, -0.2) is 4.39 Å². The highest BCUT2D eigenvalue weighted by Crippen LogP contribution is 2.36. The zero-order valence-corrected chi connectivity index (χ0v) is 15.0. The summed E-state index contributed by atoms with van der Waals surface area (Å²) in [4.78, 5) is 0. The first-order valence-corrected chi connectivity index (χ1v) is 8.39. The van der Waals surface area contributed by atoms with E-state index in [0.717, 1.165) is 21.3 Å².